The molecule has 0 atom stereocenters. The Morgan fingerprint density at radius 3 is 2.44 bits per heavy atom. The summed E-state index contributed by atoms with van der Waals surface area (Å²) in [6.45, 7) is 3.02. The molecule has 0 saturated heterocycles. The topological polar surface area (TPSA) is 91.4 Å². The Kier molecular flexibility index (Phi) is 7.12. The summed E-state index contributed by atoms with van der Waals surface area (Å²) in [5.74, 6) is -0.804. The largest absolute Gasteiger partial charge is 0.417 e. The molecule has 1 aliphatic rings. The van der Waals surface area contributed by atoms with Gasteiger partial charge in [-0.05, 0) is 43.2 Å². The van der Waals surface area contributed by atoms with E-state index < -0.39 is 11.7 Å². The first-order valence-electron chi connectivity index (χ1n) is 10.3. The first-order chi connectivity index (χ1) is 15.2. The third kappa shape index (κ3) is 5.24. The van der Waals surface area contributed by atoms with Crippen LogP contribution in [0.2, 0.25) is 0 Å². The second-order valence-corrected chi connectivity index (χ2v) is 7.34. The summed E-state index contributed by atoms with van der Waals surface area (Å²) in [4.78, 5) is 42.2. The molecule has 0 fully saturated rings. The summed E-state index contributed by atoms with van der Waals surface area (Å²) in [6.07, 6.45) is -1.60. The molecule has 2 N–H and O–H groups in total. The Bertz CT molecular complexity index is 1010. The number of nitrogens with zero attached hydrogens (tertiary/aromatic N) is 2. The molecule has 0 spiro atoms. The van der Waals surface area contributed by atoms with E-state index in [1.165, 1.54) is 29.2 Å². The fourth-order valence-electron chi connectivity index (χ4n) is 3.23. The Morgan fingerprint density at radius 1 is 1.03 bits per heavy atom. The van der Waals surface area contributed by atoms with Gasteiger partial charge in [0.15, 0.2) is 0 Å². The number of anilines is 1. The molecule has 32 heavy (non-hydrogen) atoms. The number of nitrogens with one attached hydrogen (secondary N) is 2. The van der Waals surface area contributed by atoms with Crippen LogP contribution in [0.4, 0.5) is 19.0 Å². The van der Waals surface area contributed by atoms with Crippen LogP contribution in [0.25, 0.3) is 0 Å². The molecule has 1 aliphatic heterocycles. The Morgan fingerprint density at radius 2 is 1.78 bits per heavy atom. The highest BCUT2D eigenvalue weighted by Gasteiger charge is 2.35. The number of benzene rings is 1. The van der Waals surface area contributed by atoms with E-state index in [1.54, 1.807) is 0 Å². The van der Waals surface area contributed by atoms with Crippen LogP contribution in [0.5, 0.6) is 0 Å². The van der Waals surface area contributed by atoms with Crippen molar-refractivity contribution >= 4 is 23.5 Å². The van der Waals surface area contributed by atoms with Crippen molar-refractivity contribution < 1.29 is 27.6 Å². The lowest BCUT2D eigenvalue weighted by atomic mass is 10.1. The van der Waals surface area contributed by atoms with Crippen molar-refractivity contribution in [3.05, 3.63) is 58.8 Å². The maximum absolute atomic E-state index is 12.5. The van der Waals surface area contributed by atoms with Crippen LogP contribution in [-0.4, -0.2) is 47.2 Å². The lowest BCUT2D eigenvalue weighted by Gasteiger charge is -2.12. The lowest BCUT2D eigenvalue weighted by Crippen LogP contribution is -2.30. The number of hydrogen-bond acceptors (Lipinski definition) is 5. The van der Waals surface area contributed by atoms with E-state index in [-0.39, 0.29) is 28.8 Å². The predicted octanol–water partition coefficient (Wildman–Crippen LogP) is 3.73. The van der Waals surface area contributed by atoms with Gasteiger partial charge >= 0.3 is 6.18 Å². The van der Waals surface area contributed by atoms with E-state index in [1.807, 2.05) is 6.92 Å². The molecule has 0 radical (unpaired) electrons. The minimum atomic E-state index is -4.43. The highest BCUT2D eigenvalue weighted by atomic mass is 19.4. The van der Waals surface area contributed by atoms with Gasteiger partial charge < -0.3 is 10.6 Å². The van der Waals surface area contributed by atoms with Crippen molar-refractivity contribution in [2.75, 3.05) is 25.0 Å². The summed E-state index contributed by atoms with van der Waals surface area (Å²) < 4.78 is 37.6. The zero-order valence-corrected chi connectivity index (χ0v) is 17.5. The summed E-state index contributed by atoms with van der Waals surface area (Å²) in [5, 5.41) is 5.60. The SMILES string of the molecule is CCCCN1C(=O)c2ccc(C(=O)NCCCNc3ccc(C(F)(F)F)cn3)cc2C1=O. The van der Waals surface area contributed by atoms with Gasteiger partial charge in [0, 0.05) is 31.4 Å². The van der Waals surface area contributed by atoms with E-state index in [4.69, 9.17) is 0 Å². The fraction of sp³-hybridized carbons (Fsp3) is 0.364. The van der Waals surface area contributed by atoms with Gasteiger partial charge in [-0.25, -0.2) is 4.98 Å². The molecule has 2 heterocycles. The van der Waals surface area contributed by atoms with E-state index in [9.17, 15) is 27.6 Å². The fourth-order valence-corrected chi connectivity index (χ4v) is 3.23. The van der Waals surface area contributed by atoms with Gasteiger partial charge in [0.2, 0.25) is 0 Å². The minimum absolute atomic E-state index is 0.230. The van der Waals surface area contributed by atoms with Crippen LogP contribution in [0.3, 0.4) is 0 Å². The molecule has 3 rings (SSSR count). The van der Waals surface area contributed by atoms with Crippen LogP contribution in [-0.2, 0) is 6.18 Å². The average Bonchev–Trinajstić information content (AvgIpc) is 3.01. The standard InChI is InChI=1S/C22H23F3N4O3/c1-2-3-11-29-20(31)16-7-5-14(12-17(16)21(29)32)19(30)27-10-4-9-26-18-8-6-15(13-28-18)22(23,24)25/h5-8,12-13H,2-4,9-11H2,1H3,(H,26,28)(H,27,30). The summed E-state index contributed by atoms with van der Waals surface area (Å²) in [6, 6.07) is 6.62. The number of carbonyl (C=O) groups is 3. The monoisotopic (exact) mass is 448 g/mol. The van der Waals surface area contributed by atoms with E-state index in [0.717, 1.165) is 25.1 Å². The number of amides is 3. The first kappa shape index (κ1) is 23.2. The quantitative estimate of drug-likeness (QED) is 0.451. The third-order valence-corrected chi connectivity index (χ3v) is 5.00. The zero-order valence-electron chi connectivity index (χ0n) is 17.5. The van der Waals surface area contributed by atoms with Crippen molar-refractivity contribution in [1.29, 1.82) is 0 Å². The average molecular weight is 448 g/mol. The van der Waals surface area contributed by atoms with Crippen molar-refractivity contribution in [3.8, 4) is 0 Å². The number of aromatic nitrogens is 1. The maximum atomic E-state index is 12.5. The smallest absolute Gasteiger partial charge is 0.370 e. The molecular formula is C22H23F3N4O3. The highest BCUT2D eigenvalue weighted by Crippen LogP contribution is 2.29. The molecule has 1 aromatic carbocycles. The van der Waals surface area contributed by atoms with E-state index >= 15 is 0 Å². The van der Waals surface area contributed by atoms with Crippen molar-refractivity contribution in [2.45, 2.75) is 32.4 Å². The van der Waals surface area contributed by atoms with Crippen LogP contribution >= 0.6 is 0 Å². The zero-order chi connectivity index (χ0) is 23.3. The number of unbranched alkanes of at least 4 members (excludes halogenated alkanes) is 1. The van der Waals surface area contributed by atoms with Crippen LogP contribution < -0.4 is 10.6 Å². The van der Waals surface area contributed by atoms with Crippen molar-refractivity contribution in [2.24, 2.45) is 0 Å². The molecule has 0 saturated carbocycles. The molecule has 3 amide bonds. The molecule has 0 unspecified atom stereocenters. The molecule has 0 bridgehead atoms. The normalized spacial score (nSPS) is 13.3. The van der Waals surface area contributed by atoms with Gasteiger partial charge in [0.25, 0.3) is 17.7 Å². The third-order valence-electron chi connectivity index (χ3n) is 5.00. The Hall–Kier alpha value is -3.43. The summed E-state index contributed by atoms with van der Waals surface area (Å²) in [7, 11) is 0. The number of pyridine rings is 1. The van der Waals surface area contributed by atoms with E-state index in [0.29, 0.717) is 37.4 Å². The molecular weight excluding hydrogens is 425 g/mol. The Labute approximate surface area is 183 Å². The molecule has 1 aromatic heterocycles. The summed E-state index contributed by atoms with van der Waals surface area (Å²) in [5.41, 5.74) is -0.0115. The van der Waals surface area contributed by atoms with Gasteiger partial charge in [0.1, 0.15) is 5.82 Å². The highest BCUT2D eigenvalue weighted by molar-refractivity contribution is 6.22. The van der Waals surface area contributed by atoms with Crippen LogP contribution in [0, 0.1) is 0 Å². The number of alkyl halides is 3. The maximum Gasteiger partial charge on any atom is 0.417 e. The second-order valence-electron chi connectivity index (χ2n) is 7.34. The van der Waals surface area contributed by atoms with Crippen LogP contribution in [0.1, 0.15) is 62.8 Å². The number of fused-ring (bicyclic) bond motifs is 1. The molecule has 2 aromatic rings. The number of halogens is 3. The van der Waals surface area contributed by atoms with Gasteiger partial charge in [-0.15, -0.1) is 0 Å². The van der Waals surface area contributed by atoms with Gasteiger partial charge in [-0.2, -0.15) is 13.2 Å². The predicted molar refractivity (Wildman–Crippen MR) is 111 cm³/mol. The molecule has 170 valence electrons. The number of hydrogen-bond donors (Lipinski definition) is 2. The Balaban J connectivity index is 1.48. The molecule has 10 heteroatoms. The number of carbonyl (C=O) groups excluding carboxylic acids is 3. The molecule has 0 aliphatic carbocycles. The van der Waals surface area contributed by atoms with E-state index in [2.05, 4.69) is 15.6 Å². The van der Waals surface area contributed by atoms with Gasteiger partial charge in [-0.3, -0.25) is 19.3 Å². The minimum Gasteiger partial charge on any atom is -0.370 e. The van der Waals surface area contributed by atoms with Gasteiger partial charge in [-0.1, -0.05) is 13.3 Å². The first-order valence-corrected chi connectivity index (χ1v) is 10.3. The lowest BCUT2D eigenvalue weighted by molar-refractivity contribution is -0.137. The second kappa shape index (κ2) is 9.80. The van der Waals surface area contributed by atoms with Crippen molar-refractivity contribution in [1.82, 2.24) is 15.2 Å². The van der Waals surface area contributed by atoms with Crippen LogP contribution in [0.15, 0.2) is 36.5 Å². The number of rotatable bonds is 9. The van der Waals surface area contributed by atoms with Gasteiger partial charge in [0.05, 0.1) is 16.7 Å². The molecule has 7 nitrogen and oxygen atoms in total. The van der Waals surface area contributed by atoms with Crippen molar-refractivity contribution in [3.63, 3.8) is 0 Å². The number of imide groups is 1. The summed E-state index contributed by atoms with van der Waals surface area (Å²) >= 11 is 0.